The molecule has 0 aliphatic carbocycles. The number of hydrogen-bond donors (Lipinski definition) is 1. The molecule has 1 aromatic carbocycles. The molecule has 0 unspecified atom stereocenters. The molecule has 0 bridgehead atoms. The summed E-state index contributed by atoms with van der Waals surface area (Å²) < 4.78 is 5.92. The van der Waals surface area contributed by atoms with Gasteiger partial charge in [0, 0.05) is 23.6 Å². The van der Waals surface area contributed by atoms with Crippen molar-refractivity contribution in [3.63, 3.8) is 0 Å². The number of nitrogens with zero attached hydrogens (tertiary/aromatic N) is 2. The molecule has 1 heterocycles. The Labute approximate surface area is 129 Å². The van der Waals surface area contributed by atoms with E-state index in [2.05, 4.69) is 15.9 Å². The summed E-state index contributed by atoms with van der Waals surface area (Å²) in [6.07, 6.45) is 1.20. The summed E-state index contributed by atoms with van der Waals surface area (Å²) in [5, 5.41) is 19.7. The fraction of sp³-hybridized carbons (Fsp3) is 0.462. The number of anilines is 1. The summed E-state index contributed by atoms with van der Waals surface area (Å²) in [6, 6.07) is 4.98. The first kappa shape index (κ1) is 15.7. The number of nitro benzene ring substituents is 1. The van der Waals surface area contributed by atoms with Crippen molar-refractivity contribution in [2.24, 2.45) is 0 Å². The number of nitro groups is 1. The minimum Gasteiger partial charge on any atom is -0.480 e. The number of carboxylic acid groups (broad SMARTS) is 1. The first-order valence-corrected chi connectivity index (χ1v) is 7.29. The van der Waals surface area contributed by atoms with E-state index < -0.39 is 10.9 Å². The maximum atomic E-state index is 11.1. The quantitative estimate of drug-likeness (QED) is 0.641. The molecule has 2 rings (SSSR count). The highest BCUT2D eigenvalue weighted by Gasteiger charge is 2.25. The highest BCUT2D eigenvalue weighted by atomic mass is 79.9. The van der Waals surface area contributed by atoms with E-state index in [-0.39, 0.29) is 18.4 Å². The molecule has 1 saturated heterocycles. The Morgan fingerprint density at radius 2 is 2.14 bits per heavy atom. The van der Waals surface area contributed by atoms with Gasteiger partial charge in [-0.3, -0.25) is 10.1 Å². The Hall–Kier alpha value is -1.67. The lowest BCUT2D eigenvalue weighted by Gasteiger charge is -2.32. The largest absolute Gasteiger partial charge is 0.480 e. The van der Waals surface area contributed by atoms with Gasteiger partial charge in [-0.1, -0.05) is 15.9 Å². The second-order valence-electron chi connectivity index (χ2n) is 4.78. The molecule has 114 valence electrons. The Morgan fingerprint density at radius 3 is 2.71 bits per heavy atom. The minimum absolute atomic E-state index is 0.0641. The summed E-state index contributed by atoms with van der Waals surface area (Å²) in [6.45, 7) is 0.905. The Morgan fingerprint density at radius 1 is 1.48 bits per heavy atom. The third-order valence-corrected chi connectivity index (χ3v) is 3.85. The minimum atomic E-state index is -0.985. The summed E-state index contributed by atoms with van der Waals surface area (Å²) in [5.74, 6) is -0.985. The van der Waals surface area contributed by atoms with Gasteiger partial charge in [0.15, 0.2) is 0 Å². The van der Waals surface area contributed by atoms with Crippen molar-refractivity contribution in [1.29, 1.82) is 0 Å². The molecule has 1 aromatic rings. The number of carbonyl (C=O) groups is 1. The molecule has 8 heteroatoms. The molecule has 0 spiro atoms. The van der Waals surface area contributed by atoms with Crippen LogP contribution in [-0.4, -0.2) is 41.8 Å². The van der Waals surface area contributed by atoms with E-state index in [1.54, 1.807) is 12.1 Å². The molecule has 1 aliphatic rings. The summed E-state index contributed by atoms with van der Waals surface area (Å²) in [4.78, 5) is 23.1. The third kappa shape index (κ3) is 4.15. The van der Waals surface area contributed by atoms with Crippen LogP contribution in [0.4, 0.5) is 11.4 Å². The van der Waals surface area contributed by atoms with Gasteiger partial charge in [0.05, 0.1) is 11.0 Å². The summed E-state index contributed by atoms with van der Waals surface area (Å²) in [5.41, 5.74) is 0.647. The van der Waals surface area contributed by atoms with Crippen molar-refractivity contribution in [2.75, 3.05) is 24.6 Å². The van der Waals surface area contributed by atoms with Crippen LogP contribution in [0.3, 0.4) is 0 Å². The zero-order valence-corrected chi connectivity index (χ0v) is 12.8. The lowest BCUT2D eigenvalue weighted by molar-refractivity contribution is -0.384. The van der Waals surface area contributed by atoms with E-state index >= 15 is 0 Å². The monoisotopic (exact) mass is 358 g/mol. The average molecular weight is 359 g/mol. The number of rotatable bonds is 5. The number of halogens is 1. The van der Waals surface area contributed by atoms with Crippen molar-refractivity contribution in [3.05, 3.63) is 32.8 Å². The number of carboxylic acids is 1. The van der Waals surface area contributed by atoms with Crippen molar-refractivity contribution in [2.45, 2.75) is 18.9 Å². The predicted molar refractivity (Wildman–Crippen MR) is 79.6 cm³/mol. The summed E-state index contributed by atoms with van der Waals surface area (Å²) in [7, 11) is 0. The van der Waals surface area contributed by atoms with E-state index in [1.807, 2.05) is 4.90 Å². The fourth-order valence-corrected chi connectivity index (χ4v) is 2.71. The van der Waals surface area contributed by atoms with Crippen LogP contribution in [0, 0.1) is 10.1 Å². The Kier molecular flexibility index (Phi) is 5.13. The molecule has 7 nitrogen and oxygen atoms in total. The maximum Gasteiger partial charge on any atom is 0.329 e. The molecule has 0 radical (unpaired) electrons. The van der Waals surface area contributed by atoms with Crippen LogP contribution in [0.1, 0.15) is 12.8 Å². The van der Waals surface area contributed by atoms with Crippen molar-refractivity contribution < 1.29 is 19.6 Å². The maximum absolute atomic E-state index is 11.1. The molecule has 0 atom stereocenters. The van der Waals surface area contributed by atoms with Crippen molar-refractivity contribution >= 4 is 33.3 Å². The zero-order chi connectivity index (χ0) is 15.4. The van der Waals surface area contributed by atoms with Crippen LogP contribution in [0.5, 0.6) is 0 Å². The van der Waals surface area contributed by atoms with Gasteiger partial charge in [-0.05, 0) is 25.0 Å². The molecule has 0 amide bonds. The lowest BCUT2D eigenvalue weighted by atomic mass is 10.1. The Bertz CT molecular complexity index is 543. The van der Waals surface area contributed by atoms with Crippen LogP contribution in [0.2, 0.25) is 0 Å². The molecule has 0 aromatic heterocycles. The predicted octanol–water partition coefficient (Wildman–Crippen LogP) is 2.43. The highest BCUT2D eigenvalue weighted by molar-refractivity contribution is 9.10. The van der Waals surface area contributed by atoms with Gasteiger partial charge in [-0.25, -0.2) is 4.79 Å². The molecule has 1 fully saturated rings. The van der Waals surface area contributed by atoms with E-state index in [0.717, 1.165) is 0 Å². The average Bonchev–Trinajstić information content (AvgIpc) is 2.45. The number of aliphatic carboxylic acids is 1. The molecule has 1 aliphatic heterocycles. The normalized spacial score (nSPS) is 16.0. The molecule has 21 heavy (non-hydrogen) atoms. The molecule has 1 N–H and O–H groups in total. The molecular formula is C13H15BrN2O5. The van der Waals surface area contributed by atoms with Crippen LogP contribution in [-0.2, 0) is 9.53 Å². The highest BCUT2D eigenvalue weighted by Crippen LogP contribution is 2.33. The van der Waals surface area contributed by atoms with E-state index in [1.165, 1.54) is 6.07 Å². The van der Waals surface area contributed by atoms with Gasteiger partial charge in [0.25, 0.3) is 5.69 Å². The van der Waals surface area contributed by atoms with Gasteiger partial charge in [-0.15, -0.1) is 0 Å². The first-order valence-electron chi connectivity index (χ1n) is 6.49. The van der Waals surface area contributed by atoms with Crippen LogP contribution < -0.4 is 4.90 Å². The van der Waals surface area contributed by atoms with Crippen LogP contribution in [0.25, 0.3) is 0 Å². The SMILES string of the molecule is O=C(O)COC1CCN(c2ccc(Br)cc2[N+](=O)[O-])CC1. The second kappa shape index (κ2) is 6.86. The number of ether oxygens (including phenoxy) is 1. The van der Waals surface area contributed by atoms with Gasteiger partial charge in [0.1, 0.15) is 12.3 Å². The van der Waals surface area contributed by atoms with Crippen molar-refractivity contribution in [3.8, 4) is 0 Å². The topological polar surface area (TPSA) is 92.9 Å². The van der Waals surface area contributed by atoms with Gasteiger partial charge in [0.2, 0.25) is 0 Å². The zero-order valence-electron chi connectivity index (χ0n) is 11.2. The second-order valence-corrected chi connectivity index (χ2v) is 5.70. The fourth-order valence-electron chi connectivity index (χ4n) is 2.36. The van der Waals surface area contributed by atoms with Crippen molar-refractivity contribution in [1.82, 2.24) is 0 Å². The van der Waals surface area contributed by atoms with Gasteiger partial charge in [-0.2, -0.15) is 0 Å². The number of piperidine rings is 1. The first-order chi connectivity index (χ1) is 9.97. The van der Waals surface area contributed by atoms with Crippen LogP contribution in [0.15, 0.2) is 22.7 Å². The van der Waals surface area contributed by atoms with Gasteiger partial charge < -0.3 is 14.7 Å². The number of hydrogen-bond acceptors (Lipinski definition) is 5. The van der Waals surface area contributed by atoms with Crippen LogP contribution >= 0.6 is 15.9 Å². The smallest absolute Gasteiger partial charge is 0.329 e. The summed E-state index contributed by atoms with van der Waals surface area (Å²) >= 11 is 3.23. The van der Waals surface area contributed by atoms with E-state index in [4.69, 9.17) is 9.84 Å². The van der Waals surface area contributed by atoms with E-state index in [9.17, 15) is 14.9 Å². The van der Waals surface area contributed by atoms with E-state index in [0.29, 0.717) is 36.1 Å². The third-order valence-electron chi connectivity index (χ3n) is 3.36. The number of benzene rings is 1. The lowest BCUT2D eigenvalue weighted by Crippen LogP contribution is -2.38. The molecule has 0 saturated carbocycles. The standard InChI is InChI=1S/C13H15BrN2O5/c14-9-1-2-11(12(7-9)16(19)20)15-5-3-10(4-6-15)21-8-13(17)18/h1-2,7,10H,3-6,8H2,(H,17,18). The molecular weight excluding hydrogens is 344 g/mol. The van der Waals surface area contributed by atoms with Gasteiger partial charge >= 0.3 is 5.97 Å². The Balaban J connectivity index is 2.02.